The lowest BCUT2D eigenvalue weighted by atomic mass is 10.1. The fourth-order valence-electron chi connectivity index (χ4n) is 2.26. The Bertz CT molecular complexity index is 352. The van der Waals surface area contributed by atoms with Gasteiger partial charge in [-0.2, -0.15) is 5.10 Å². The van der Waals surface area contributed by atoms with Gasteiger partial charge in [-0.05, 0) is 32.1 Å². The molecule has 0 saturated heterocycles. The van der Waals surface area contributed by atoms with Crippen molar-refractivity contribution in [3.8, 4) is 0 Å². The Morgan fingerprint density at radius 3 is 2.94 bits per heavy atom. The topological polar surface area (TPSA) is 29.9 Å². The molecule has 1 aromatic heterocycles. The van der Waals surface area contributed by atoms with Gasteiger partial charge in [-0.25, -0.2) is 0 Å². The van der Waals surface area contributed by atoms with E-state index in [2.05, 4.69) is 35.9 Å². The molecule has 1 aromatic rings. The average molecular weight is 235 g/mol. The Morgan fingerprint density at radius 1 is 1.53 bits per heavy atom. The van der Waals surface area contributed by atoms with Crippen LogP contribution >= 0.6 is 0 Å². The number of rotatable bonds is 7. The molecular weight excluding hydrogens is 210 g/mol. The number of hydrogen-bond acceptors (Lipinski definition) is 2. The second kappa shape index (κ2) is 5.67. The van der Waals surface area contributed by atoms with Crippen molar-refractivity contribution < 1.29 is 0 Å². The molecule has 0 aliphatic heterocycles. The molecule has 2 rings (SSSR count). The van der Waals surface area contributed by atoms with Crippen LogP contribution in [0.2, 0.25) is 0 Å². The molecule has 1 aliphatic rings. The molecule has 0 amide bonds. The van der Waals surface area contributed by atoms with Gasteiger partial charge in [0.1, 0.15) is 0 Å². The second-order valence-corrected chi connectivity index (χ2v) is 5.49. The third-order valence-electron chi connectivity index (χ3n) is 3.63. The maximum absolute atomic E-state index is 4.51. The van der Waals surface area contributed by atoms with Gasteiger partial charge in [0.05, 0.1) is 6.20 Å². The third kappa shape index (κ3) is 3.56. The highest BCUT2D eigenvalue weighted by atomic mass is 15.3. The van der Waals surface area contributed by atoms with Crippen molar-refractivity contribution in [1.29, 1.82) is 0 Å². The number of aromatic nitrogens is 2. The standard InChI is InChI=1S/C14H25N3/c1-4-5-11(2)10-17-12(3)13(9-16-17)8-15-14-6-7-14/h9,11,14-15H,4-8,10H2,1-3H3. The van der Waals surface area contributed by atoms with Crippen LogP contribution in [0, 0.1) is 12.8 Å². The first-order chi connectivity index (χ1) is 8.20. The van der Waals surface area contributed by atoms with Gasteiger partial charge >= 0.3 is 0 Å². The van der Waals surface area contributed by atoms with E-state index < -0.39 is 0 Å². The van der Waals surface area contributed by atoms with E-state index in [0.717, 1.165) is 25.0 Å². The van der Waals surface area contributed by atoms with Gasteiger partial charge in [-0.3, -0.25) is 4.68 Å². The van der Waals surface area contributed by atoms with E-state index >= 15 is 0 Å². The van der Waals surface area contributed by atoms with Crippen LogP contribution in [0.5, 0.6) is 0 Å². The Kier molecular flexibility index (Phi) is 4.21. The number of nitrogens with zero attached hydrogens (tertiary/aromatic N) is 2. The molecule has 1 atom stereocenters. The maximum Gasteiger partial charge on any atom is 0.0537 e. The lowest BCUT2D eigenvalue weighted by Crippen LogP contribution is -2.16. The van der Waals surface area contributed by atoms with Crippen molar-refractivity contribution in [3.05, 3.63) is 17.5 Å². The average Bonchev–Trinajstić information content (AvgIpc) is 3.05. The monoisotopic (exact) mass is 235 g/mol. The predicted molar refractivity (Wildman–Crippen MR) is 70.9 cm³/mol. The molecule has 1 aliphatic carbocycles. The lowest BCUT2D eigenvalue weighted by Gasteiger charge is -2.12. The smallest absolute Gasteiger partial charge is 0.0537 e. The summed E-state index contributed by atoms with van der Waals surface area (Å²) in [5, 5.41) is 8.07. The van der Waals surface area contributed by atoms with Crippen molar-refractivity contribution in [2.24, 2.45) is 5.92 Å². The van der Waals surface area contributed by atoms with E-state index in [-0.39, 0.29) is 0 Å². The lowest BCUT2D eigenvalue weighted by molar-refractivity contribution is 0.414. The summed E-state index contributed by atoms with van der Waals surface area (Å²) < 4.78 is 2.17. The van der Waals surface area contributed by atoms with Crippen molar-refractivity contribution in [2.45, 2.75) is 65.6 Å². The number of nitrogens with one attached hydrogen (secondary N) is 1. The fraction of sp³-hybridized carbons (Fsp3) is 0.786. The van der Waals surface area contributed by atoms with Crippen LogP contribution in [-0.2, 0) is 13.1 Å². The minimum atomic E-state index is 0.725. The zero-order valence-electron chi connectivity index (χ0n) is 11.4. The highest BCUT2D eigenvalue weighted by Crippen LogP contribution is 2.20. The van der Waals surface area contributed by atoms with E-state index in [4.69, 9.17) is 0 Å². The Labute approximate surface area is 105 Å². The van der Waals surface area contributed by atoms with Crippen molar-refractivity contribution in [3.63, 3.8) is 0 Å². The van der Waals surface area contributed by atoms with Gasteiger partial charge in [0.15, 0.2) is 0 Å². The zero-order chi connectivity index (χ0) is 12.3. The van der Waals surface area contributed by atoms with Gasteiger partial charge in [0, 0.05) is 30.4 Å². The molecule has 17 heavy (non-hydrogen) atoms. The SMILES string of the molecule is CCCC(C)Cn1ncc(CNC2CC2)c1C. The largest absolute Gasteiger partial charge is 0.310 e. The number of hydrogen-bond donors (Lipinski definition) is 1. The van der Waals surface area contributed by atoms with Crippen molar-refractivity contribution >= 4 is 0 Å². The summed E-state index contributed by atoms with van der Waals surface area (Å²) in [6.07, 6.45) is 7.28. The first-order valence-electron chi connectivity index (χ1n) is 6.95. The summed E-state index contributed by atoms with van der Waals surface area (Å²) in [6, 6.07) is 0.775. The van der Waals surface area contributed by atoms with Gasteiger partial charge in [-0.15, -0.1) is 0 Å². The van der Waals surface area contributed by atoms with Crippen LogP contribution in [0.3, 0.4) is 0 Å². The van der Waals surface area contributed by atoms with Crippen LogP contribution in [0.1, 0.15) is 50.8 Å². The minimum absolute atomic E-state index is 0.725. The van der Waals surface area contributed by atoms with Gasteiger partial charge in [-0.1, -0.05) is 20.3 Å². The summed E-state index contributed by atoms with van der Waals surface area (Å²) in [7, 11) is 0. The molecule has 0 radical (unpaired) electrons. The van der Waals surface area contributed by atoms with E-state index in [0.29, 0.717) is 0 Å². The van der Waals surface area contributed by atoms with Crippen molar-refractivity contribution in [2.75, 3.05) is 0 Å². The molecule has 0 aromatic carbocycles. The molecule has 1 N–H and O–H groups in total. The van der Waals surface area contributed by atoms with Crippen LogP contribution < -0.4 is 5.32 Å². The molecule has 1 unspecified atom stereocenters. The summed E-state index contributed by atoms with van der Waals surface area (Å²) in [4.78, 5) is 0. The normalized spacial score (nSPS) is 17.4. The molecule has 3 heteroatoms. The van der Waals surface area contributed by atoms with Crippen LogP contribution in [0.4, 0.5) is 0 Å². The summed E-state index contributed by atoms with van der Waals surface area (Å²) in [5.41, 5.74) is 2.70. The minimum Gasteiger partial charge on any atom is -0.310 e. The van der Waals surface area contributed by atoms with E-state index in [1.54, 1.807) is 0 Å². The van der Waals surface area contributed by atoms with Crippen LogP contribution in [0.15, 0.2) is 6.20 Å². The Hall–Kier alpha value is -0.830. The van der Waals surface area contributed by atoms with E-state index in [9.17, 15) is 0 Å². The molecule has 1 saturated carbocycles. The van der Waals surface area contributed by atoms with Crippen LogP contribution in [-0.4, -0.2) is 15.8 Å². The summed E-state index contributed by atoms with van der Waals surface area (Å²) in [5.74, 6) is 0.725. The third-order valence-corrected chi connectivity index (χ3v) is 3.63. The summed E-state index contributed by atoms with van der Waals surface area (Å²) in [6.45, 7) is 8.79. The van der Waals surface area contributed by atoms with E-state index in [1.807, 2.05) is 6.20 Å². The molecule has 1 heterocycles. The molecule has 0 bridgehead atoms. The van der Waals surface area contributed by atoms with Crippen LogP contribution in [0.25, 0.3) is 0 Å². The van der Waals surface area contributed by atoms with E-state index in [1.165, 1.54) is 36.9 Å². The fourth-order valence-corrected chi connectivity index (χ4v) is 2.26. The molecular formula is C14H25N3. The van der Waals surface area contributed by atoms with Crippen molar-refractivity contribution in [1.82, 2.24) is 15.1 Å². The Morgan fingerprint density at radius 2 is 2.29 bits per heavy atom. The van der Waals surface area contributed by atoms with Gasteiger partial charge in [0.25, 0.3) is 0 Å². The molecule has 3 nitrogen and oxygen atoms in total. The first-order valence-corrected chi connectivity index (χ1v) is 6.95. The first kappa shape index (κ1) is 12.6. The Balaban J connectivity index is 1.88. The highest BCUT2D eigenvalue weighted by molar-refractivity contribution is 5.16. The quantitative estimate of drug-likeness (QED) is 0.787. The maximum atomic E-state index is 4.51. The summed E-state index contributed by atoms with van der Waals surface area (Å²) >= 11 is 0. The predicted octanol–water partition coefficient (Wildman–Crippen LogP) is 2.88. The second-order valence-electron chi connectivity index (χ2n) is 5.49. The molecule has 1 fully saturated rings. The van der Waals surface area contributed by atoms with Gasteiger partial charge in [0.2, 0.25) is 0 Å². The molecule has 96 valence electrons. The molecule has 0 spiro atoms. The zero-order valence-corrected chi connectivity index (χ0v) is 11.4. The van der Waals surface area contributed by atoms with Gasteiger partial charge < -0.3 is 5.32 Å². The highest BCUT2D eigenvalue weighted by Gasteiger charge is 2.20.